The molecule has 154 valence electrons. The molecule has 1 N–H and O–H groups in total. The first-order valence-electron chi connectivity index (χ1n) is 9.79. The van der Waals surface area contributed by atoms with Crippen molar-refractivity contribution < 1.29 is 19.1 Å². The molecule has 2 aromatic rings. The third kappa shape index (κ3) is 4.50. The van der Waals surface area contributed by atoms with Crippen molar-refractivity contribution in [2.75, 3.05) is 32.1 Å². The zero-order valence-corrected chi connectivity index (χ0v) is 17.3. The van der Waals surface area contributed by atoms with E-state index in [0.717, 1.165) is 23.4 Å². The van der Waals surface area contributed by atoms with Crippen LogP contribution in [0.15, 0.2) is 18.2 Å². The first-order chi connectivity index (χ1) is 14.1. The highest BCUT2D eigenvalue weighted by atomic mass is 32.1. The standard InChI is InChI=1S/C20H24N4O4S/c1-3-28-16-8-13(6-7-15(16)27-2)14-9-18(26)24(10-14)11-17(25)21-20-23-22-19(29-20)12-4-5-12/h6-8,12,14H,3-5,9-11H2,1-2H3,(H,21,23,25)/t14-/m1/s1. The minimum Gasteiger partial charge on any atom is -0.493 e. The second-order valence-corrected chi connectivity index (χ2v) is 8.30. The summed E-state index contributed by atoms with van der Waals surface area (Å²) in [6.07, 6.45) is 2.65. The molecular formula is C20H24N4O4S. The van der Waals surface area contributed by atoms with Crippen molar-refractivity contribution in [2.45, 2.75) is 38.0 Å². The summed E-state index contributed by atoms with van der Waals surface area (Å²) in [5.74, 6) is 1.57. The van der Waals surface area contributed by atoms with Gasteiger partial charge in [0.05, 0.1) is 20.3 Å². The van der Waals surface area contributed by atoms with Crippen molar-refractivity contribution in [3.05, 3.63) is 28.8 Å². The Labute approximate surface area is 173 Å². The van der Waals surface area contributed by atoms with Crippen LogP contribution in [0.2, 0.25) is 0 Å². The number of hydrogen-bond donors (Lipinski definition) is 1. The molecule has 29 heavy (non-hydrogen) atoms. The number of amides is 2. The topological polar surface area (TPSA) is 93.7 Å². The van der Waals surface area contributed by atoms with Gasteiger partial charge in [-0.1, -0.05) is 17.4 Å². The third-order valence-corrected chi connectivity index (χ3v) is 6.12. The van der Waals surface area contributed by atoms with Crippen LogP contribution in [0.3, 0.4) is 0 Å². The lowest BCUT2D eigenvalue weighted by molar-refractivity contribution is -0.131. The Morgan fingerprint density at radius 3 is 2.83 bits per heavy atom. The largest absolute Gasteiger partial charge is 0.493 e. The molecule has 2 aliphatic rings. The Bertz CT molecular complexity index is 912. The third-order valence-electron chi connectivity index (χ3n) is 5.12. The summed E-state index contributed by atoms with van der Waals surface area (Å²) in [4.78, 5) is 26.4. The number of anilines is 1. The molecule has 8 nitrogen and oxygen atoms in total. The summed E-state index contributed by atoms with van der Waals surface area (Å²) in [6, 6.07) is 5.72. The van der Waals surface area contributed by atoms with Gasteiger partial charge in [-0.2, -0.15) is 0 Å². The monoisotopic (exact) mass is 416 g/mol. The van der Waals surface area contributed by atoms with E-state index in [-0.39, 0.29) is 24.3 Å². The number of ether oxygens (including phenoxy) is 2. The lowest BCUT2D eigenvalue weighted by Gasteiger charge is -2.17. The van der Waals surface area contributed by atoms with E-state index in [1.807, 2.05) is 25.1 Å². The number of nitrogens with one attached hydrogen (secondary N) is 1. The van der Waals surface area contributed by atoms with E-state index in [4.69, 9.17) is 9.47 Å². The SMILES string of the molecule is CCOc1cc([C@@H]2CC(=O)N(CC(=O)Nc3nnc(C4CC4)s3)C2)ccc1OC. The lowest BCUT2D eigenvalue weighted by Crippen LogP contribution is -2.34. The quantitative estimate of drug-likeness (QED) is 0.711. The number of benzene rings is 1. The van der Waals surface area contributed by atoms with Crippen molar-refractivity contribution in [3.63, 3.8) is 0 Å². The van der Waals surface area contributed by atoms with E-state index in [1.54, 1.807) is 12.0 Å². The average Bonchev–Trinajstić information content (AvgIpc) is 3.35. The van der Waals surface area contributed by atoms with Crippen LogP contribution in [0.1, 0.15) is 48.6 Å². The van der Waals surface area contributed by atoms with Gasteiger partial charge in [-0.25, -0.2) is 0 Å². The molecule has 4 rings (SSSR count). The molecule has 1 atom stereocenters. The normalized spacial score (nSPS) is 18.8. The van der Waals surface area contributed by atoms with Gasteiger partial charge in [0.2, 0.25) is 16.9 Å². The van der Waals surface area contributed by atoms with Gasteiger partial charge in [0.1, 0.15) is 5.01 Å². The van der Waals surface area contributed by atoms with Crippen molar-refractivity contribution >= 4 is 28.3 Å². The fourth-order valence-corrected chi connectivity index (χ4v) is 4.40. The maximum absolute atomic E-state index is 12.4. The zero-order valence-electron chi connectivity index (χ0n) is 16.5. The van der Waals surface area contributed by atoms with E-state index in [2.05, 4.69) is 15.5 Å². The summed E-state index contributed by atoms with van der Waals surface area (Å²) in [5, 5.41) is 12.4. The molecule has 1 aliphatic carbocycles. The molecule has 0 spiro atoms. The van der Waals surface area contributed by atoms with Crippen LogP contribution in [0.4, 0.5) is 5.13 Å². The molecule has 1 saturated heterocycles. The van der Waals surface area contributed by atoms with Crippen LogP contribution in [-0.2, 0) is 9.59 Å². The van der Waals surface area contributed by atoms with E-state index in [9.17, 15) is 9.59 Å². The molecule has 1 aromatic carbocycles. The molecule has 2 heterocycles. The van der Waals surface area contributed by atoms with Crippen molar-refractivity contribution in [2.24, 2.45) is 0 Å². The number of methoxy groups -OCH3 is 1. The summed E-state index contributed by atoms with van der Waals surface area (Å²) in [6.45, 7) is 2.96. The maximum Gasteiger partial charge on any atom is 0.245 e. The van der Waals surface area contributed by atoms with Crippen LogP contribution in [0, 0.1) is 0 Å². The molecule has 2 amide bonds. The molecule has 0 bridgehead atoms. The van der Waals surface area contributed by atoms with E-state index in [0.29, 0.717) is 42.1 Å². The fraction of sp³-hybridized carbons (Fsp3) is 0.500. The molecule has 9 heteroatoms. The fourth-order valence-electron chi connectivity index (χ4n) is 3.48. The smallest absolute Gasteiger partial charge is 0.245 e. The van der Waals surface area contributed by atoms with Crippen LogP contribution in [0.5, 0.6) is 11.5 Å². The maximum atomic E-state index is 12.4. The molecule has 2 fully saturated rings. The van der Waals surface area contributed by atoms with Crippen molar-refractivity contribution in [3.8, 4) is 11.5 Å². The molecule has 1 aromatic heterocycles. The second kappa shape index (κ2) is 8.36. The Morgan fingerprint density at radius 1 is 1.28 bits per heavy atom. The van der Waals surface area contributed by atoms with Gasteiger partial charge in [-0.05, 0) is 37.5 Å². The van der Waals surface area contributed by atoms with Gasteiger partial charge >= 0.3 is 0 Å². The summed E-state index contributed by atoms with van der Waals surface area (Å²) >= 11 is 1.41. The number of likely N-dealkylation sites (tertiary alicyclic amines) is 1. The number of nitrogens with zero attached hydrogens (tertiary/aromatic N) is 3. The number of rotatable bonds is 8. The van der Waals surface area contributed by atoms with Gasteiger partial charge in [-0.15, -0.1) is 10.2 Å². The Kier molecular flexibility index (Phi) is 5.66. The van der Waals surface area contributed by atoms with Crippen molar-refractivity contribution in [1.82, 2.24) is 15.1 Å². The highest BCUT2D eigenvalue weighted by Gasteiger charge is 2.33. The first-order valence-corrected chi connectivity index (χ1v) is 10.6. The van der Waals surface area contributed by atoms with Gasteiger partial charge in [-0.3, -0.25) is 14.9 Å². The van der Waals surface area contributed by atoms with Gasteiger partial charge in [0.15, 0.2) is 11.5 Å². The molecule has 1 saturated carbocycles. The zero-order chi connectivity index (χ0) is 20.4. The summed E-state index contributed by atoms with van der Waals surface area (Å²) in [5.41, 5.74) is 1.00. The summed E-state index contributed by atoms with van der Waals surface area (Å²) < 4.78 is 11.0. The molecule has 0 radical (unpaired) electrons. The number of hydrogen-bond acceptors (Lipinski definition) is 7. The average molecular weight is 417 g/mol. The lowest BCUT2D eigenvalue weighted by atomic mass is 9.98. The van der Waals surface area contributed by atoms with Crippen LogP contribution >= 0.6 is 11.3 Å². The van der Waals surface area contributed by atoms with E-state index in [1.165, 1.54) is 11.3 Å². The summed E-state index contributed by atoms with van der Waals surface area (Å²) in [7, 11) is 1.60. The highest BCUT2D eigenvalue weighted by molar-refractivity contribution is 7.15. The second-order valence-electron chi connectivity index (χ2n) is 7.29. The van der Waals surface area contributed by atoms with E-state index >= 15 is 0 Å². The predicted octanol–water partition coefficient (Wildman–Crippen LogP) is 2.78. The van der Waals surface area contributed by atoms with Crippen LogP contribution < -0.4 is 14.8 Å². The van der Waals surface area contributed by atoms with Gasteiger partial charge < -0.3 is 14.4 Å². The first kappa shape index (κ1) is 19.6. The Hall–Kier alpha value is -2.68. The van der Waals surface area contributed by atoms with Crippen LogP contribution in [0.25, 0.3) is 0 Å². The highest BCUT2D eigenvalue weighted by Crippen LogP contribution is 2.42. The minimum atomic E-state index is -0.248. The predicted molar refractivity (Wildman–Crippen MR) is 109 cm³/mol. The molecular weight excluding hydrogens is 392 g/mol. The minimum absolute atomic E-state index is 0.0160. The van der Waals surface area contributed by atoms with E-state index < -0.39 is 0 Å². The number of aromatic nitrogens is 2. The Balaban J connectivity index is 1.37. The van der Waals surface area contributed by atoms with Gasteiger partial charge in [0.25, 0.3) is 0 Å². The Morgan fingerprint density at radius 2 is 2.10 bits per heavy atom. The van der Waals surface area contributed by atoms with Crippen molar-refractivity contribution in [1.29, 1.82) is 0 Å². The number of carbonyl (C=O) groups is 2. The van der Waals surface area contributed by atoms with Crippen LogP contribution in [-0.4, -0.2) is 53.7 Å². The van der Waals surface area contributed by atoms with Gasteiger partial charge in [0, 0.05) is 24.8 Å². The molecule has 1 aliphatic heterocycles. The molecule has 0 unspecified atom stereocenters. The number of carbonyl (C=O) groups excluding carboxylic acids is 2.